The van der Waals surface area contributed by atoms with Crippen LogP contribution in [0, 0.1) is 0 Å². The molecule has 0 bridgehead atoms. The van der Waals surface area contributed by atoms with E-state index in [-0.39, 0.29) is 11.1 Å². The number of rotatable bonds is 13. The van der Waals surface area contributed by atoms with E-state index in [9.17, 15) is 19.8 Å². The third-order valence-corrected chi connectivity index (χ3v) is 6.34. The Hall–Kier alpha value is -2.00. The summed E-state index contributed by atoms with van der Waals surface area (Å²) in [5.41, 5.74) is 0.890. The molecule has 0 amide bonds. The molecule has 0 atom stereocenters. The molecule has 34 heavy (non-hydrogen) atoms. The smallest absolute Gasteiger partial charge is 0.335 e. The fourth-order valence-electron chi connectivity index (χ4n) is 4.35. The summed E-state index contributed by atoms with van der Waals surface area (Å²) in [7, 11) is 0. The molecule has 1 aliphatic rings. The van der Waals surface area contributed by atoms with Gasteiger partial charge >= 0.3 is 11.9 Å². The van der Waals surface area contributed by atoms with Crippen LogP contribution in [0.3, 0.4) is 0 Å². The van der Waals surface area contributed by atoms with Gasteiger partial charge in [0.2, 0.25) is 0 Å². The molecule has 1 aromatic rings. The Morgan fingerprint density at radius 1 is 0.647 bits per heavy atom. The number of aryl methyl sites for hydroxylation is 1. The minimum atomic E-state index is -1.08. The van der Waals surface area contributed by atoms with Gasteiger partial charge in [0.05, 0.1) is 11.1 Å². The number of hydrogen-bond acceptors (Lipinski definition) is 6. The van der Waals surface area contributed by atoms with E-state index >= 15 is 0 Å². The number of aromatic carboxylic acids is 2. The van der Waals surface area contributed by atoms with E-state index in [2.05, 4.69) is 20.9 Å². The van der Waals surface area contributed by atoms with Crippen molar-refractivity contribution < 1.29 is 19.8 Å². The first-order valence-electron chi connectivity index (χ1n) is 13.0. The second-order valence-electron chi connectivity index (χ2n) is 9.20. The van der Waals surface area contributed by atoms with Crippen LogP contribution >= 0.6 is 0 Å². The summed E-state index contributed by atoms with van der Waals surface area (Å²) in [5.74, 6) is -2.17. The van der Waals surface area contributed by atoms with Gasteiger partial charge in [0.1, 0.15) is 0 Å². The Morgan fingerprint density at radius 3 is 1.59 bits per heavy atom. The molecule has 8 heteroatoms. The summed E-state index contributed by atoms with van der Waals surface area (Å²) in [6.07, 6.45) is 10.2. The standard InChI is InChI=1S/C26H44N4O4/c31-25(32)23-19-22(20-24(21-23)26(33)34)9-7-5-3-1-2-4-6-8-16-30-17-14-28-12-10-27-11-13-29-15-18-30/h19-21,27-29H,1-18H2,(H,31,32)(H,33,34). The highest BCUT2D eigenvalue weighted by Crippen LogP contribution is 2.15. The third kappa shape index (κ3) is 12.5. The molecule has 192 valence electrons. The molecular weight excluding hydrogens is 432 g/mol. The number of nitrogens with one attached hydrogen (secondary N) is 3. The lowest BCUT2D eigenvalue weighted by atomic mass is 10.00. The maximum absolute atomic E-state index is 11.2. The zero-order valence-electron chi connectivity index (χ0n) is 20.6. The average molecular weight is 477 g/mol. The molecule has 0 saturated carbocycles. The van der Waals surface area contributed by atoms with Crippen molar-refractivity contribution in [3.8, 4) is 0 Å². The fourth-order valence-corrected chi connectivity index (χ4v) is 4.35. The molecule has 0 spiro atoms. The van der Waals surface area contributed by atoms with Gasteiger partial charge in [-0.25, -0.2) is 9.59 Å². The van der Waals surface area contributed by atoms with Gasteiger partial charge in [-0.1, -0.05) is 38.5 Å². The molecule has 8 nitrogen and oxygen atoms in total. The van der Waals surface area contributed by atoms with Gasteiger partial charge < -0.3 is 31.1 Å². The first-order chi connectivity index (χ1) is 16.6. The predicted molar refractivity (Wildman–Crippen MR) is 136 cm³/mol. The van der Waals surface area contributed by atoms with E-state index in [0.29, 0.717) is 0 Å². The van der Waals surface area contributed by atoms with Gasteiger partial charge in [-0.05, 0) is 49.6 Å². The molecule has 1 saturated heterocycles. The van der Waals surface area contributed by atoms with Gasteiger partial charge in [-0.15, -0.1) is 0 Å². The molecule has 1 aliphatic heterocycles. The molecule has 5 N–H and O–H groups in total. The van der Waals surface area contributed by atoms with Crippen molar-refractivity contribution in [3.05, 3.63) is 34.9 Å². The minimum Gasteiger partial charge on any atom is -0.478 e. The molecule has 1 heterocycles. The molecule has 1 fully saturated rings. The SMILES string of the molecule is O=C(O)c1cc(CCCCCCCCCCN2CCNCCNCCNCC2)cc(C(=O)O)c1. The van der Waals surface area contributed by atoms with Crippen molar-refractivity contribution in [1.29, 1.82) is 0 Å². The van der Waals surface area contributed by atoms with Crippen molar-refractivity contribution in [2.75, 3.05) is 58.9 Å². The largest absolute Gasteiger partial charge is 0.478 e. The Kier molecular flexibility index (Phi) is 14.5. The zero-order valence-corrected chi connectivity index (χ0v) is 20.6. The summed E-state index contributed by atoms with van der Waals surface area (Å²) in [6.45, 7) is 9.65. The summed E-state index contributed by atoms with van der Waals surface area (Å²) in [4.78, 5) is 25.0. The van der Waals surface area contributed by atoms with Crippen LogP contribution in [0.1, 0.15) is 77.6 Å². The topological polar surface area (TPSA) is 114 Å². The number of carbonyl (C=O) groups is 2. The van der Waals surface area contributed by atoms with Crippen LogP contribution < -0.4 is 16.0 Å². The van der Waals surface area contributed by atoms with Crippen LogP contribution in [-0.4, -0.2) is 86.0 Å². The molecular formula is C26H44N4O4. The zero-order chi connectivity index (χ0) is 24.4. The summed E-state index contributed by atoms with van der Waals surface area (Å²) in [6, 6.07) is 4.41. The first-order valence-corrected chi connectivity index (χ1v) is 13.0. The van der Waals surface area contributed by atoms with Crippen LogP contribution in [0.2, 0.25) is 0 Å². The van der Waals surface area contributed by atoms with Crippen molar-refractivity contribution in [1.82, 2.24) is 20.9 Å². The highest BCUT2D eigenvalue weighted by molar-refractivity contribution is 5.94. The predicted octanol–water partition coefficient (Wildman–Crippen LogP) is 2.83. The lowest BCUT2D eigenvalue weighted by Crippen LogP contribution is -2.42. The fraction of sp³-hybridized carbons (Fsp3) is 0.692. The highest BCUT2D eigenvalue weighted by atomic mass is 16.4. The van der Waals surface area contributed by atoms with Crippen LogP contribution in [0.25, 0.3) is 0 Å². The normalized spacial score (nSPS) is 16.5. The van der Waals surface area contributed by atoms with Gasteiger partial charge in [0, 0.05) is 52.4 Å². The maximum Gasteiger partial charge on any atom is 0.335 e. The van der Waals surface area contributed by atoms with Crippen LogP contribution in [0.5, 0.6) is 0 Å². The second-order valence-corrected chi connectivity index (χ2v) is 9.20. The number of carboxylic acids is 2. The highest BCUT2D eigenvalue weighted by Gasteiger charge is 2.11. The number of unbranched alkanes of at least 4 members (excludes halogenated alkanes) is 7. The van der Waals surface area contributed by atoms with Gasteiger partial charge in [-0.3, -0.25) is 0 Å². The molecule has 1 aromatic carbocycles. The number of hydrogen-bond donors (Lipinski definition) is 5. The van der Waals surface area contributed by atoms with Crippen molar-refractivity contribution in [2.45, 2.75) is 57.8 Å². The summed E-state index contributed by atoms with van der Waals surface area (Å²) in [5, 5.41) is 28.8. The summed E-state index contributed by atoms with van der Waals surface area (Å²) < 4.78 is 0. The Balaban J connectivity index is 1.52. The van der Waals surface area contributed by atoms with E-state index in [1.165, 1.54) is 51.1 Å². The van der Waals surface area contributed by atoms with E-state index < -0.39 is 11.9 Å². The molecule has 0 unspecified atom stereocenters. The monoisotopic (exact) mass is 476 g/mol. The van der Waals surface area contributed by atoms with E-state index in [1.807, 2.05) is 0 Å². The molecule has 2 rings (SSSR count). The lowest BCUT2D eigenvalue weighted by Gasteiger charge is -2.23. The van der Waals surface area contributed by atoms with Crippen LogP contribution in [0.4, 0.5) is 0 Å². The third-order valence-electron chi connectivity index (χ3n) is 6.34. The van der Waals surface area contributed by atoms with Gasteiger partial charge in [-0.2, -0.15) is 0 Å². The molecule has 0 aliphatic carbocycles. The Morgan fingerprint density at radius 2 is 1.09 bits per heavy atom. The molecule has 0 aromatic heterocycles. The van der Waals surface area contributed by atoms with Gasteiger partial charge in [0.15, 0.2) is 0 Å². The van der Waals surface area contributed by atoms with Crippen LogP contribution in [-0.2, 0) is 6.42 Å². The molecule has 0 radical (unpaired) electrons. The van der Waals surface area contributed by atoms with E-state index in [1.54, 1.807) is 12.1 Å². The first kappa shape index (κ1) is 28.2. The minimum absolute atomic E-state index is 0.0486. The van der Waals surface area contributed by atoms with E-state index in [0.717, 1.165) is 77.2 Å². The number of nitrogens with zero attached hydrogens (tertiary/aromatic N) is 1. The summed E-state index contributed by atoms with van der Waals surface area (Å²) >= 11 is 0. The van der Waals surface area contributed by atoms with Crippen molar-refractivity contribution in [2.24, 2.45) is 0 Å². The maximum atomic E-state index is 11.2. The van der Waals surface area contributed by atoms with Crippen LogP contribution in [0.15, 0.2) is 18.2 Å². The lowest BCUT2D eigenvalue weighted by molar-refractivity contribution is 0.0696. The number of benzene rings is 1. The Bertz CT molecular complexity index is 685. The average Bonchev–Trinajstić information content (AvgIpc) is 2.81. The van der Waals surface area contributed by atoms with Crippen molar-refractivity contribution >= 4 is 11.9 Å². The van der Waals surface area contributed by atoms with Gasteiger partial charge in [0.25, 0.3) is 0 Å². The van der Waals surface area contributed by atoms with E-state index in [4.69, 9.17) is 0 Å². The quantitative estimate of drug-likeness (QED) is 0.276. The number of carboxylic acid groups (broad SMARTS) is 2. The Labute approximate surface area is 204 Å². The van der Waals surface area contributed by atoms with Crippen molar-refractivity contribution in [3.63, 3.8) is 0 Å². The second kappa shape index (κ2) is 17.4.